The standard InChI is InChI=1S/C28H30FN3O4/c29-23-8-4-5-9-24(23)31-28(35)32-25-15-14-22(36-26(25)18-33)16-27(34)30-17-19-10-12-21(13-11-19)20-6-2-1-3-7-20/h1-13,22,25-26,33H,14-18H2,(H,30,34)(H2,31,32,35)/t22-,25+,26+/m0/s1. The van der Waals surface area contributed by atoms with E-state index in [4.69, 9.17) is 4.74 Å². The number of hydrogen-bond acceptors (Lipinski definition) is 4. The molecule has 36 heavy (non-hydrogen) atoms. The van der Waals surface area contributed by atoms with Crippen LogP contribution in [-0.4, -0.2) is 41.9 Å². The number of benzene rings is 3. The number of halogens is 1. The van der Waals surface area contributed by atoms with Crippen LogP contribution in [0.25, 0.3) is 11.1 Å². The minimum atomic E-state index is -0.659. The lowest BCUT2D eigenvalue weighted by molar-refractivity contribution is -0.130. The Morgan fingerprint density at radius 3 is 2.33 bits per heavy atom. The molecule has 4 rings (SSSR count). The topological polar surface area (TPSA) is 99.7 Å². The van der Waals surface area contributed by atoms with Crippen LogP contribution in [0, 0.1) is 5.82 Å². The first-order chi connectivity index (χ1) is 17.5. The molecule has 1 fully saturated rings. The number of urea groups is 1. The van der Waals surface area contributed by atoms with Crippen molar-refractivity contribution in [2.45, 2.75) is 44.1 Å². The number of aliphatic hydroxyl groups is 1. The molecule has 3 aromatic carbocycles. The Morgan fingerprint density at radius 2 is 1.61 bits per heavy atom. The van der Waals surface area contributed by atoms with Gasteiger partial charge in [-0.05, 0) is 41.7 Å². The van der Waals surface area contributed by atoms with Gasteiger partial charge < -0.3 is 25.8 Å². The number of amides is 3. The maximum Gasteiger partial charge on any atom is 0.319 e. The molecule has 1 heterocycles. The first kappa shape index (κ1) is 25.3. The molecule has 8 heteroatoms. The average molecular weight is 492 g/mol. The van der Waals surface area contributed by atoms with E-state index in [1.54, 1.807) is 6.07 Å². The summed E-state index contributed by atoms with van der Waals surface area (Å²) in [5, 5.41) is 17.9. The summed E-state index contributed by atoms with van der Waals surface area (Å²) in [6, 6.07) is 23.0. The van der Waals surface area contributed by atoms with Gasteiger partial charge in [0.2, 0.25) is 5.91 Å². The van der Waals surface area contributed by atoms with Crippen molar-refractivity contribution in [1.29, 1.82) is 0 Å². The minimum absolute atomic E-state index is 0.0662. The molecular formula is C28H30FN3O4. The van der Waals surface area contributed by atoms with E-state index >= 15 is 0 Å². The van der Waals surface area contributed by atoms with Gasteiger partial charge in [0.05, 0.1) is 30.9 Å². The van der Waals surface area contributed by atoms with E-state index in [0.717, 1.165) is 16.7 Å². The fourth-order valence-corrected chi connectivity index (χ4v) is 4.26. The summed E-state index contributed by atoms with van der Waals surface area (Å²) < 4.78 is 19.6. The number of nitrogens with one attached hydrogen (secondary N) is 3. The molecule has 3 amide bonds. The van der Waals surface area contributed by atoms with Crippen LogP contribution in [0.1, 0.15) is 24.8 Å². The fraction of sp³-hybridized carbons (Fsp3) is 0.286. The molecule has 1 saturated heterocycles. The number of carbonyl (C=O) groups excluding carboxylic acids is 2. The molecule has 188 valence electrons. The van der Waals surface area contributed by atoms with Crippen LogP contribution in [0.3, 0.4) is 0 Å². The highest BCUT2D eigenvalue weighted by Crippen LogP contribution is 2.23. The summed E-state index contributed by atoms with van der Waals surface area (Å²) in [4.78, 5) is 24.8. The van der Waals surface area contributed by atoms with Gasteiger partial charge in [0.25, 0.3) is 0 Å². The highest BCUT2D eigenvalue weighted by atomic mass is 19.1. The van der Waals surface area contributed by atoms with E-state index in [1.807, 2.05) is 42.5 Å². The van der Waals surface area contributed by atoms with Gasteiger partial charge in [-0.15, -0.1) is 0 Å². The van der Waals surface area contributed by atoms with E-state index in [0.29, 0.717) is 19.4 Å². The van der Waals surface area contributed by atoms with Crippen molar-refractivity contribution in [3.05, 3.63) is 90.2 Å². The van der Waals surface area contributed by atoms with Crippen molar-refractivity contribution in [2.24, 2.45) is 0 Å². The highest BCUT2D eigenvalue weighted by Gasteiger charge is 2.33. The molecule has 0 bridgehead atoms. The Morgan fingerprint density at radius 1 is 0.917 bits per heavy atom. The lowest BCUT2D eigenvalue weighted by atomic mass is 9.97. The Bertz CT molecular complexity index is 1160. The van der Waals surface area contributed by atoms with Crippen molar-refractivity contribution in [2.75, 3.05) is 11.9 Å². The third kappa shape index (κ3) is 6.90. The van der Waals surface area contributed by atoms with Crippen molar-refractivity contribution in [3.8, 4) is 11.1 Å². The van der Waals surface area contributed by atoms with E-state index in [1.165, 1.54) is 18.2 Å². The van der Waals surface area contributed by atoms with Crippen LogP contribution in [-0.2, 0) is 16.1 Å². The SMILES string of the molecule is O=C(C[C@@H]1CC[C@@H](NC(=O)Nc2ccccc2F)[C@@H](CO)O1)NCc1ccc(-c2ccccc2)cc1. The molecule has 0 spiro atoms. The van der Waals surface area contributed by atoms with Gasteiger partial charge >= 0.3 is 6.03 Å². The molecule has 0 saturated carbocycles. The monoisotopic (exact) mass is 491 g/mol. The van der Waals surface area contributed by atoms with Crippen molar-refractivity contribution < 1.29 is 23.8 Å². The normalized spacial score (nSPS) is 19.3. The molecule has 1 aliphatic rings. The van der Waals surface area contributed by atoms with Crippen LogP contribution in [0.4, 0.5) is 14.9 Å². The number of aliphatic hydroxyl groups excluding tert-OH is 1. The fourth-order valence-electron chi connectivity index (χ4n) is 4.26. The predicted octanol–water partition coefficient (Wildman–Crippen LogP) is 4.23. The van der Waals surface area contributed by atoms with Crippen LogP contribution in [0.15, 0.2) is 78.9 Å². The molecule has 1 aliphatic heterocycles. The van der Waals surface area contributed by atoms with Crippen molar-refractivity contribution >= 4 is 17.6 Å². The second kappa shape index (κ2) is 12.3. The largest absolute Gasteiger partial charge is 0.394 e. The number of carbonyl (C=O) groups is 2. The Labute approximate surface area is 209 Å². The number of rotatable bonds is 8. The lowest BCUT2D eigenvalue weighted by Crippen LogP contribution is -2.52. The molecule has 3 atom stereocenters. The van der Waals surface area contributed by atoms with Gasteiger partial charge in [0.1, 0.15) is 11.9 Å². The van der Waals surface area contributed by atoms with Crippen LogP contribution in [0.5, 0.6) is 0 Å². The van der Waals surface area contributed by atoms with Gasteiger partial charge in [-0.3, -0.25) is 4.79 Å². The molecule has 0 aliphatic carbocycles. The first-order valence-corrected chi connectivity index (χ1v) is 12.0. The summed E-state index contributed by atoms with van der Waals surface area (Å²) in [7, 11) is 0. The van der Waals surface area contributed by atoms with Gasteiger partial charge in [-0.25, -0.2) is 9.18 Å². The maximum absolute atomic E-state index is 13.8. The first-order valence-electron chi connectivity index (χ1n) is 12.0. The lowest BCUT2D eigenvalue weighted by Gasteiger charge is -2.35. The molecular weight excluding hydrogens is 461 g/mol. The summed E-state index contributed by atoms with van der Waals surface area (Å²) in [5.74, 6) is -0.683. The molecule has 7 nitrogen and oxygen atoms in total. The second-order valence-electron chi connectivity index (χ2n) is 8.79. The van der Waals surface area contributed by atoms with E-state index in [9.17, 15) is 19.1 Å². The smallest absolute Gasteiger partial charge is 0.319 e. The zero-order valence-electron chi connectivity index (χ0n) is 19.8. The number of ether oxygens (including phenoxy) is 1. The molecule has 0 unspecified atom stereocenters. The van der Waals surface area contributed by atoms with Gasteiger partial charge in [-0.2, -0.15) is 0 Å². The van der Waals surface area contributed by atoms with Gasteiger partial charge in [0, 0.05) is 6.54 Å². The second-order valence-corrected chi connectivity index (χ2v) is 8.79. The molecule has 4 N–H and O–H groups in total. The maximum atomic E-state index is 13.8. The molecule has 3 aromatic rings. The summed E-state index contributed by atoms with van der Waals surface area (Å²) in [6.45, 7) is 0.0982. The summed E-state index contributed by atoms with van der Waals surface area (Å²) >= 11 is 0. The van der Waals surface area contributed by atoms with E-state index < -0.39 is 24.0 Å². The molecule has 0 aromatic heterocycles. The number of para-hydroxylation sites is 1. The van der Waals surface area contributed by atoms with Crippen LogP contribution < -0.4 is 16.0 Å². The predicted molar refractivity (Wildman–Crippen MR) is 136 cm³/mol. The Hall–Kier alpha value is -3.75. The Balaban J connectivity index is 1.22. The van der Waals surface area contributed by atoms with Crippen LogP contribution >= 0.6 is 0 Å². The quantitative estimate of drug-likeness (QED) is 0.379. The number of anilines is 1. The van der Waals surface area contributed by atoms with E-state index in [2.05, 4.69) is 28.1 Å². The van der Waals surface area contributed by atoms with E-state index in [-0.39, 0.29) is 30.7 Å². The third-order valence-corrected chi connectivity index (χ3v) is 6.20. The summed E-state index contributed by atoms with van der Waals surface area (Å²) in [6.07, 6.45) is 0.200. The van der Waals surface area contributed by atoms with Gasteiger partial charge in [0.15, 0.2) is 0 Å². The zero-order chi connectivity index (χ0) is 25.3. The third-order valence-electron chi connectivity index (χ3n) is 6.20. The highest BCUT2D eigenvalue weighted by molar-refractivity contribution is 5.89. The van der Waals surface area contributed by atoms with Crippen molar-refractivity contribution in [1.82, 2.24) is 10.6 Å². The summed E-state index contributed by atoms with van der Waals surface area (Å²) in [5.41, 5.74) is 3.31. The minimum Gasteiger partial charge on any atom is -0.394 e. The average Bonchev–Trinajstić information content (AvgIpc) is 2.90. The molecule has 0 radical (unpaired) electrons. The Kier molecular flexibility index (Phi) is 8.65. The van der Waals surface area contributed by atoms with Crippen LogP contribution in [0.2, 0.25) is 0 Å². The van der Waals surface area contributed by atoms with Crippen molar-refractivity contribution in [3.63, 3.8) is 0 Å². The number of hydrogen-bond donors (Lipinski definition) is 4. The van der Waals surface area contributed by atoms with Gasteiger partial charge in [-0.1, -0.05) is 66.7 Å². The zero-order valence-corrected chi connectivity index (χ0v) is 19.8.